The normalized spacial score (nSPS) is 18.2. The highest BCUT2D eigenvalue weighted by Crippen LogP contribution is 2.38. The summed E-state index contributed by atoms with van der Waals surface area (Å²) in [5.74, 6) is 0.205. The van der Waals surface area contributed by atoms with E-state index in [1.807, 2.05) is 32.2 Å². The Morgan fingerprint density at radius 3 is 2.68 bits per heavy atom. The Kier molecular flexibility index (Phi) is 5.45. The van der Waals surface area contributed by atoms with E-state index in [-0.39, 0.29) is 11.7 Å². The zero-order valence-corrected chi connectivity index (χ0v) is 16.6. The summed E-state index contributed by atoms with van der Waals surface area (Å²) < 4.78 is 24.9. The maximum absolute atomic E-state index is 12.4. The van der Waals surface area contributed by atoms with E-state index in [9.17, 15) is 8.42 Å². The highest BCUT2D eigenvalue weighted by molar-refractivity contribution is 7.91. The van der Waals surface area contributed by atoms with Crippen molar-refractivity contribution in [2.45, 2.75) is 30.7 Å². The molecule has 0 saturated heterocycles. The number of nitrogens with zero attached hydrogens (tertiary/aromatic N) is 1. The molecule has 6 heteroatoms. The molecule has 1 aliphatic rings. The molecule has 1 unspecified atom stereocenters. The highest BCUT2D eigenvalue weighted by atomic mass is 35.5. The van der Waals surface area contributed by atoms with E-state index >= 15 is 0 Å². The van der Waals surface area contributed by atoms with Crippen LogP contribution in [0.25, 0.3) is 0 Å². The first kappa shape index (κ1) is 18.7. The smallest absolute Gasteiger partial charge is 0.178 e. The van der Waals surface area contributed by atoms with Gasteiger partial charge < -0.3 is 4.90 Å². The Bertz CT molecular complexity index is 896. The van der Waals surface area contributed by atoms with Gasteiger partial charge in [-0.25, -0.2) is 8.42 Å². The van der Waals surface area contributed by atoms with Gasteiger partial charge in [0.05, 0.1) is 10.6 Å². The Balaban J connectivity index is 2.09. The molecule has 2 aromatic carbocycles. The minimum Gasteiger partial charge on any atom is -0.301 e. The van der Waals surface area contributed by atoms with Crippen LogP contribution in [0.1, 0.15) is 36.0 Å². The fourth-order valence-electron chi connectivity index (χ4n) is 3.44. The topological polar surface area (TPSA) is 37.4 Å². The standard InChI is InChI=1S/C19H21Cl2NO2S/c1-3-7-25(23,24)15-6-4-5-13(8-15)17-11-22(2)12-18-16(17)9-14(20)10-19(18)21/h4-6,8-10,17H,3,7,11-12H2,1-2H3. The van der Waals surface area contributed by atoms with Gasteiger partial charge in [-0.1, -0.05) is 42.3 Å². The molecule has 25 heavy (non-hydrogen) atoms. The van der Waals surface area contributed by atoms with Gasteiger partial charge in [0, 0.05) is 29.1 Å². The Labute approximate surface area is 159 Å². The number of likely N-dealkylation sites (N-methyl/N-ethyl adjacent to an activating group) is 1. The average Bonchev–Trinajstić information content (AvgIpc) is 2.55. The number of hydrogen-bond acceptors (Lipinski definition) is 3. The molecule has 0 aromatic heterocycles. The molecule has 1 heterocycles. The van der Waals surface area contributed by atoms with Crippen molar-refractivity contribution in [2.24, 2.45) is 0 Å². The molecule has 1 atom stereocenters. The van der Waals surface area contributed by atoms with Gasteiger partial charge in [-0.2, -0.15) is 0 Å². The van der Waals surface area contributed by atoms with Crippen molar-refractivity contribution in [3.8, 4) is 0 Å². The van der Waals surface area contributed by atoms with Gasteiger partial charge in [0.15, 0.2) is 9.84 Å². The fraction of sp³-hybridized carbons (Fsp3) is 0.368. The Hall–Kier alpha value is -1.07. The lowest BCUT2D eigenvalue weighted by Crippen LogP contribution is -2.31. The van der Waals surface area contributed by atoms with Crippen LogP contribution in [-0.4, -0.2) is 32.7 Å². The van der Waals surface area contributed by atoms with Gasteiger partial charge in [-0.15, -0.1) is 0 Å². The van der Waals surface area contributed by atoms with E-state index < -0.39 is 9.84 Å². The molecule has 0 bridgehead atoms. The molecule has 3 nitrogen and oxygen atoms in total. The molecular weight excluding hydrogens is 377 g/mol. The molecule has 0 N–H and O–H groups in total. The largest absolute Gasteiger partial charge is 0.301 e. The summed E-state index contributed by atoms with van der Waals surface area (Å²) in [5.41, 5.74) is 3.12. The summed E-state index contributed by atoms with van der Waals surface area (Å²) in [6, 6.07) is 11.0. The van der Waals surface area contributed by atoms with E-state index in [0.29, 0.717) is 21.4 Å². The molecule has 0 fully saturated rings. The maximum atomic E-state index is 12.4. The number of fused-ring (bicyclic) bond motifs is 1. The molecule has 0 spiro atoms. The second-order valence-electron chi connectivity index (χ2n) is 6.60. The van der Waals surface area contributed by atoms with Crippen LogP contribution in [0, 0.1) is 0 Å². The van der Waals surface area contributed by atoms with Crippen LogP contribution in [0.5, 0.6) is 0 Å². The maximum Gasteiger partial charge on any atom is 0.178 e. The van der Waals surface area contributed by atoms with Crippen LogP contribution in [0.4, 0.5) is 0 Å². The van der Waals surface area contributed by atoms with Gasteiger partial charge >= 0.3 is 0 Å². The van der Waals surface area contributed by atoms with Crippen molar-refractivity contribution in [1.29, 1.82) is 0 Å². The summed E-state index contributed by atoms with van der Waals surface area (Å²) >= 11 is 12.6. The van der Waals surface area contributed by atoms with Crippen molar-refractivity contribution in [3.05, 3.63) is 63.1 Å². The molecular formula is C19H21Cl2NO2S. The van der Waals surface area contributed by atoms with Crippen LogP contribution in [0.2, 0.25) is 10.0 Å². The predicted molar refractivity (Wildman–Crippen MR) is 103 cm³/mol. The third-order valence-electron chi connectivity index (χ3n) is 4.58. The summed E-state index contributed by atoms with van der Waals surface area (Å²) in [6.07, 6.45) is 0.604. The fourth-order valence-corrected chi connectivity index (χ4v) is 5.39. The first-order valence-corrected chi connectivity index (χ1v) is 10.7. The first-order chi connectivity index (χ1) is 11.8. The summed E-state index contributed by atoms with van der Waals surface area (Å²) in [4.78, 5) is 2.58. The summed E-state index contributed by atoms with van der Waals surface area (Å²) in [6.45, 7) is 3.42. The van der Waals surface area contributed by atoms with E-state index in [1.165, 1.54) is 0 Å². The van der Waals surface area contributed by atoms with Crippen molar-refractivity contribution in [2.75, 3.05) is 19.3 Å². The van der Waals surface area contributed by atoms with Crippen molar-refractivity contribution >= 4 is 33.0 Å². The SMILES string of the molecule is CCCS(=O)(=O)c1cccc(C2CN(C)Cc3c(Cl)cc(Cl)cc32)c1. The number of hydrogen-bond donors (Lipinski definition) is 0. The third kappa shape index (κ3) is 3.87. The number of benzene rings is 2. The molecule has 3 rings (SSSR count). The minimum absolute atomic E-state index is 0.0433. The van der Waals surface area contributed by atoms with Crippen LogP contribution in [0.3, 0.4) is 0 Å². The Morgan fingerprint density at radius 1 is 1.20 bits per heavy atom. The second kappa shape index (κ2) is 7.28. The highest BCUT2D eigenvalue weighted by Gasteiger charge is 2.28. The summed E-state index contributed by atoms with van der Waals surface area (Å²) in [7, 11) is -1.20. The van der Waals surface area contributed by atoms with E-state index in [1.54, 1.807) is 18.2 Å². The molecule has 2 aromatic rings. The van der Waals surface area contributed by atoms with E-state index in [0.717, 1.165) is 29.8 Å². The summed E-state index contributed by atoms with van der Waals surface area (Å²) in [5, 5.41) is 1.27. The van der Waals surface area contributed by atoms with Crippen molar-refractivity contribution < 1.29 is 8.42 Å². The number of halogens is 2. The number of rotatable bonds is 4. The van der Waals surface area contributed by atoms with Gasteiger partial charge in [-0.05, 0) is 54.4 Å². The molecule has 0 aliphatic carbocycles. The van der Waals surface area contributed by atoms with E-state index in [4.69, 9.17) is 23.2 Å². The van der Waals surface area contributed by atoms with Gasteiger partial charge in [0.25, 0.3) is 0 Å². The molecule has 0 amide bonds. The first-order valence-electron chi connectivity index (χ1n) is 8.31. The van der Waals surface area contributed by atoms with Crippen molar-refractivity contribution in [3.63, 3.8) is 0 Å². The van der Waals surface area contributed by atoms with Gasteiger partial charge in [0.1, 0.15) is 0 Å². The van der Waals surface area contributed by atoms with E-state index in [2.05, 4.69) is 4.90 Å². The quantitative estimate of drug-likeness (QED) is 0.746. The van der Waals surface area contributed by atoms with Crippen LogP contribution in [0.15, 0.2) is 41.3 Å². The van der Waals surface area contributed by atoms with Gasteiger partial charge in [-0.3, -0.25) is 0 Å². The van der Waals surface area contributed by atoms with Gasteiger partial charge in [0.2, 0.25) is 0 Å². The molecule has 1 aliphatic heterocycles. The number of sulfone groups is 1. The molecule has 0 radical (unpaired) electrons. The zero-order valence-electron chi connectivity index (χ0n) is 14.3. The predicted octanol–water partition coefficient (Wildman–Crippen LogP) is 4.75. The third-order valence-corrected chi connectivity index (χ3v) is 7.06. The molecule has 134 valence electrons. The monoisotopic (exact) mass is 397 g/mol. The van der Waals surface area contributed by atoms with Crippen molar-refractivity contribution in [1.82, 2.24) is 4.90 Å². The average molecular weight is 398 g/mol. The lowest BCUT2D eigenvalue weighted by Gasteiger charge is -2.33. The lowest BCUT2D eigenvalue weighted by atomic mass is 9.85. The zero-order chi connectivity index (χ0) is 18.2. The van der Waals surface area contributed by atoms with Crippen LogP contribution < -0.4 is 0 Å². The Morgan fingerprint density at radius 2 is 1.96 bits per heavy atom. The minimum atomic E-state index is -3.24. The van der Waals surface area contributed by atoms with Crippen LogP contribution >= 0.6 is 23.2 Å². The molecule has 0 saturated carbocycles. The lowest BCUT2D eigenvalue weighted by molar-refractivity contribution is 0.295. The second-order valence-corrected chi connectivity index (χ2v) is 9.55. The van der Waals surface area contributed by atoms with Crippen LogP contribution in [-0.2, 0) is 16.4 Å².